The fourth-order valence-electron chi connectivity index (χ4n) is 3.53. The van der Waals surface area contributed by atoms with E-state index in [1.54, 1.807) is 12.3 Å². The molecule has 1 N–H and O–H groups in total. The minimum absolute atomic E-state index is 0.0875. The minimum Gasteiger partial charge on any atom is -0.318 e. The second kappa shape index (κ2) is 9.14. The van der Waals surface area contributed by atoms with Gasteiger partial charge in [-0.2, -0.15) is 5.10 Å². The van der Waals surface area contributed by atoms with Crippen LogP contribution in [0.5, 0.6) is 0 Å². The summed E-state index contributed by atoms with van der Waals surface area (Å²) >= 11 is 5.92. The van der Waals surface area contributed by atoms with Gasteiger partial charge in [0, 0.05) is 23.0 Å². The molecule has 0 radical (unpaired) electrons. The van der Waals surface area contributed by atoms with Crippen molar-refractivity contribution < 1.29 is 9.72 Å². The summed E-state index contributed by atoms with van der Waals surface area (Å²) in [6.45, 7) is 7.77. The van der Waals surface area contributed by atoms with Gasteiger partial charge in [-0.3, -0.25) is 14.9 Å². The first-order valence-electron chi connectivity index (χ1n) is 9.68. The summed E-state index contributed by atoms with van der Waals surface area (Å²) in [7, 11) is 0. The number of benzene rings is 2. The Hall–Kier alpha value is -3.45. The van der Waals surface area contributed by atoms with Gasteiger partial charge in [-0.15, -0.1) is 0 Å². The van der Waals surface area contributed by atoms with Gasteiger partial charge in [0.05, 0.1) is 23.2 Å². The Bertz CT molecular complexity index is 1200. The first-order chi connectivity index (χ1) is 14.7. The molecule has 2 aromatic carbocycles. The standard InChI is InChI=1S/C23H23ClN4O3/c1-14-5-6-18(15(2)9-14)11-23(29)26-25-13-19-10-16(3)27(17(19)4)20-7-8-21(24)22(12-20)28(30)31/h5-10,12-13H,11H2,1-4H3,(H,26,29)/b25-13-. The number of carbonyl (C=O) groups is 1. The van der Waals surface area contributed by atoms with Crippen molar-refractivity contribution in [2.24, 2.45) is 5.10 Å². The lowest BCUT2D eigenvalue weighted by Crippen LogP contribution is -2.20. The summed E-state index contributed by atoms with van der Waals surface area (Å²) in [6.07, 6.45) is 1.82. The Labute approximate surface area is 185 Å². The normalized spacial score (nSPS) is 11.1. The largest absolute Gasteiger partial charge is 0.318 e. The second-order valence-corrected chi connectivity index (χ2v) is 7.86. The zero-order chi connectivity index (χ0) is 22.7. The van der Waals surface area contributed by atoms with Crippen LogP contribution >= 0.6 is 11.6 Å². The number of aryl methyl sites for hydroxylation is 3. The molecule has 0 bridgehead atoms. The molecule has 0 atom stereocenters. The number of aromatic nitrogens is 1. The van der Waals surface area contributed by atoms with E-state index in [0.717, 1.165) is 33.6 Å². The third-order valence-corrected chi connectivity index (χ3v) is 5.42. The van der Waals surface area contributed by atoms with Gasteiger partial charge in [-0.25, -0.2) is 5.43 Å². The van der Waals surface area contributed by atoms with Crippen molar-refractivity contribution in [1.82, 2.24) is 9.99 Å². The minimum atomic E-state index is -0.506. The van der Waals surface area contributed by atoms with E-state index in [2.05, 4.69) is 10.5 Å². The van der Waals surface area contributed by atoms with Gasteiger partial charge in [-0.05, 0) is 57.0 Å². The molecule has 0 aliphatic rings. The molecule has 0 saturated heterocycles. The predicted molar refractivity (Wildman–Crippen MR) is 122 cm³/mol. The number of hydrogen-bond acceptors (Lipinski definition) is 4. The first-order valence-corrected chi connectivity index (χ1v) is 10.1. The number of nitrogens with zero attached hydrogens (tertiary/aromatic N) is 3. The topological polar surface area (TPSA) is 89.5 Å². The van der Waals surface area contributed by atoms with E-state index in [-0.39, 0.29) is 23.0 Å². The molecular weight excluding hydrogens is 416 g/mol. The van der Waals surface area contributed by atoms with E-state index >= 15 is 0 Å². The zero-order valence-corrected chi connectivity index (χ0v) is 18.5. The van der Waals surface area contributed by atoms with Gasteiger partial charge in [0.15, 0.2) is 0 Å². The fourth-order valence-corrected chi connectivity index (χ4v) is 3.71. The number of halogens is 1. The lowest BCUT2D eigenvalue weighted by Gasteiger charge is -2.10. The van der Waals surface area contributed by atoms with Crippen molar-refractivity contribution in [2.75, 3.05) is 0 Å². The van der Waals surface area contributed by atoms with E-state index in [9.17, 15) is 14.9 Å². The summed E-state index contributed by atoms with van der Waals surface area (Å²) in [5, 5.41) is 15.4. The highest BCUT2D eigenvalue weighted by atomic mass is 35.5. The Kier molecular flexibility index (Phi) is 6.56. The molecule has 31 heavy (non-hydrogen) atoms. The Balaban J connectivity index is 1.76. The van der Waals surface area contributed by atoms with Crippen LogP contribution in [0.4, 0.5) is 5.69 Å². The molecule has 0 fully saturated rings. The average molecular weight is 439 g/mol. The predicted octanol–water partition coefficient (Wildman–Crippen LogP) is 4.97. The van der Waals surface area contributed by atoms with E-state index in [4.69, 9.17) is 11.6 Å². The molecule has 1 amide bonds. The molecule has 1 aromatic heterocycles. The lowest BCUT2D eigenvalue weighted by molar-refractivity contribution is -0.384. The van der Waals surface area contributed by atoms with Crippen LogP contribution in [-0.2, 0) is 11.2 Å². The zero-order valence-electron chi connectivity index (χ0n) is 17.8. The first kappa shape index (κ1) is 22.2. The van der Waals surface area contributed by atoms with Crippen LogP contribution in [-0.4, -0.2) is 21.6 Å². The molecule has 0 unspecified atom stereocenters. The van der Waals surface area contributed by atoms with Gasteiger partial charge >= 0.3 is 0 Å². The number of nitro benzene ring substituents is 1. The number of hydrazone groups is 1. The molecule has 160 valence electrons. The molecule has 0 aliphatic carbocycles. The smallest absolute Gasteiger partial charge is 0.289 e. The number of nitrogens with one attached hydrogen (secondary N) is 1. The van der Waals surface area contributed by atoms with Crippen LogP contribution in [0.1, 0.15) is 33.6 Å². The summed E-state index contributed by atoms with van der Waals surface area (Å²) in [5.74, 6) is -0.203. The van der Waals surface area contributed by atoms with Crippen LogP contribution in [0.3, 0.4) is 0 Å². The molecule has 3 rings (SSSR count). The molecule has 7 nitrogen and oxygen atoms in total. The fraction of sp³-hybridized carbons (Fsp3) is 0.217. The number of amides is 1. The van der Waals surface area contributed by atoms with Gasteiger partial charge in [0.25, 0.3) is 5.69 Å². The van der Waals surface area contributed by atoms with Crippen molar-refractivity contribution >= 4 is 29.4 Å². The van der Waals surface area contributed by atoms with Crippen molar-refractivity contribution in [2.45, 2.75) is 34.1 Å². The molecule has 0 saturated carbocycles. The maximum absolute atomic E-state index is 12.2. The molecule has 3 aromatic rings. The maximum Gasteiger partial charge on any atom is 0.289 e. The highest BCUT2D eigenvalue weighted by Gasteiger charge is 2.16. The summed E-state index contributed by atoms with van der Waals surface area (Å²) < 4.78 is 1.88. The van der Waals surface area contributed by atoms with Crippen LogP contribution in [0.2, 0.25) is 5.02 Å². The number of nitro groups is 1. The van der Waals surface area contributed by atoms with Crippen molar-refractivity contribution in [3.8, 4) is 5.69 Å². The highest BCUT2D eigenvalue weighted by Crippen LogP contribution is 2.29. The summed E-state index contributed by atoms with van der Waals surface area (Å²) in [4.78, 5) is 22.9. The van der Waals surface area contributed by atoms with E-state index < -0.39 is 4.92 Å². The third-order valence-electron chi connectivity index (χ3n) is 5.10. The van der Waals surface area contributed by atoms with Gasteiger partial charge in [-0.1, -0.05) is 35.4 Å². The van der Waals surface area contributed by atoms with Crippen molar-refractivity contribution in [1.29, 1.82) is 0 Å². The van der Waals surface area contributed by atoms with Gasteiger partial charge in [0.2, 0.25) is 5.91 Å². The maximum atomic E-state index is 12.2. The van der Waals surface area contributed by atoms with E-state index in [1.165, 1.54) is 12.1 Å². The van der Waals surface area contributed by atoms with Crippen LogP contribution < -0.4 is 5.43 Å². The SMILES string of the molecule is Cc1ccc(CC(=O)N/N=C\c2cc(C)n(-c3ccc(Cl)c([N+](=O)[O-])c3)c2C)c(C)c1. The highest BCUT2D eigenvalue weighted by molar-refractivity contribution is 6.32. The molecule has 0 aliphatic heterocycles. The number of rotatable bonds is 6. The van der Waals surface area contributed by atoms with Gasteiger partial charge < -0.3 is 4.57 Å². The second-order valence-electron chi connectivity index (χ2n) is 7.45. The number of carbonyl (C=O) groups excluding carboxylic acids is 1. The van der Waals surface area contributed by atoms with E-state index in [1.807, 2.05) is 56.5 Å². The monoisotopic (exact) mass is 438 g/mol. The molecular formula is C23H23ClN4O3. The van der Waals surface area contributed by atoms with Crippen LogP contribution in [0, 0.1) is 37.8 Å². The van der Waals surface area contributed by atoms with Gasteiger partial charge in [0.1, 0.15) is 5.02 Å². The summed E-state index contributed by atoms with van der Waals surface area (Å²) in [6, 6.07) is 12.5. The number of hydrogen-bond donors (Lipinski definition) is 1. The lowest BCUT2D eigenvalue weighted by atomic mass is 10.0. The Morgan fingerprint density at radius 1 is 1.16 bits per heavy atom. The molecule has 8 heteroatoms. The summed E-state index contributed by atoms with van der Waals surface area (Å²) in [5.41, 5.74) is 8.72. The van der Waals surface area contributed by atoms with E-state index in [0.29, 0.717) is 5.69 Å². The van der Waals surface area contributed by atoms with Crippen LogP contribution in [0.15, 0.2) is 47.6 Å². The van der Waals surface area contributed by atoms with Crippen LogP contribution in [0.25, 0.3) is 5.69 Å². The van der Waals surface area contributed by atoms with Crippen molar-refractivity contribution in [3.05, 3.63) is 91.2 Å². The average Bonchev–Trinajstić information content (AvgIpc) is 2.98. The quantitative estimate of drug-likeness (QED) is 0.335. The third kappa shape index (κ3) is 5.00. The Morgan fingerprint density at radius 3 is 2.58 bits per heavy atom. The molecule has 1 heterocycles. The van der Waals surface area contributed by atoms with Crippen molar-refractivity contribution in [3.63, 3.8) is 0 Å². The molecule has 0 spiro atoms. The Morgan fingerprint density at radius 2 is 1.90 bits per heavy atom.